The van der Waals surface area contributed by atoms with Crippen LogP contribution in [0.3, 0.4) is 0 Å². The molecule has 1 heterocycles. The average Bonchev–Trinajstić information content (AvgIpc) is 2.60. The maximum absolute atomic E-state index is 12.1. The fourth-order valence-corrected chi connectivity index (χ4v) is 2.49. The van der Waals surface area contributed by atoms with Gasteiger partial charge in [0.15, 0.2) is 0 Å². The van der Waals surface area contributed by atoms with Crippen LogP contribution < -0.4 is 4.90 Å². The number of halogens is 1. The molecule has 6 heteroatoms. The molecule has 1 aromatic carbocycles. The lowest BCUT2D eigenvalue weighted by molar-refractivity contribution is -0.137. The van der Waals surface area contributed by atoms with Gasteiger partial charge in [0.05, 0.1) is 12.5 Å². The second kappa shape index (κ2) is 5.21. The second-order valence-corrected chi connectivity index (χ2v) is 5.54. The number of rotatable bonds is 3. The van der Waals surface area contributed by atoms with Crippen LogP contribution >= 0.6 is 15.9 Å². The van der Waals surface area contributed by atoms with E-state index < -0.39 is 5.97 Å². The number of amides is 2. The van der Waals surface area contributed by atoms with Crippen molar-refractivity contribution in [2.75, 3.05) is 18.5 Å². The van der Waals surface area contributed by atoms with Crippen LogP contribution in [0, 0.1) is 6.92 Å². The van der Waals surface area contributed by atoms with Crippen LogP contribution in [0.1, 0.15) is 12.0 Å². The molecule has 0 saturated carbocycles. The normalized spacial score (nSPS) is 19.1. The van der Waals surface area contributed by atoms with Crippen molar-refractivity contribution in [2.24, 2.45) is 0 Å². The van der Waals surface area contributed by atoms with Gasteiger partial charge in [0.25, 0.3) is 0 Å². The summed E-state index contributed by atoms with van der Waals surface area (Å²) in [6.45, 7) is 2.37. The van der Waals surface area contributed by atoms with Gasteiger partial charge >= 0.3 is 12.0 Å². The number of benzene rings is 1. The van der Waals surface area contributed by atoms with Gasteiger partial charge in [-0.2, -0.15) is 0 Å². The Morgan fingerprint density at radius 3 is 2.79 bits per heavy atom. The van der Waals surface area contributed by atoms with Crippen molar-refractivity contribution in [1.29, 1.82) is 0 Å². The van der Waals surface area contributed by atoms with Crippen molar-refractivity contribution in [1.82, 2.24) is 4.90 Å². The fraction of sp³-hybridized carbons (Fsp3) is 0.385. The Labute approximate surface area is 119 Å². The minimum Gasteiger partial charge on any atom is -0.481 e. The number of anilines is 1. The summed E-state index contributed by atoms with van der Waals surface area (Å²) in [6.07, 6.45) is -0.0359. The van der Waals surface area contributed by atoms with Crippen molar-refractivity contribution in [3.05, 3.63) is 28.2 Å². The number of urea groups is 1. The predicted octanol–water partition coefficient (Wildman–Crippen LogP) is 2.47. The molecular weight excluding hydrogens is 312 g/mol. The molecule has 1 aliphatic rings. The quantitative estimate of drug-likeness (QED) is 0.928. The molecule has 1 aliphatic heterocycles. The molecule has 1 fully saturated rings. The highest BCUT2D eigenvalue weighted by atomic mass is 79.9. The number of carbonyl (C=O) groups is 2. The summed E-state index contributed by atoms with van der Waals surface area (Å²) >= 11 is 3.44. The number of aryl methyl sites for hydroxylation is 1. The molecule has 0 radical (unpaired) electrons. The maximum Gasteiger partial charge on any atom is 0.324 e. The lowest BCUT2D eigenvalue weighted by atomic mass is 10.2. The first-order valence-electron chi connectivity index (χ1n) is 5.92. The van der Waals surface area contributed by atoms with E-state index in [1.807, 2.05) is 25.1 Å². The molecular formula is C13H15BrN2O3. The zero-order chi connectivity index (χ0) is 14.2. The number of hydrogen-bond donors (Lipinski definition) is 1. The summed E-state index contributed by atoms with van der Waals surface area (Å²) in [4.78, 5) is 26.0. The SMILES string of the molecule is Cc1ccc(N2CC(CC(=O)O)N(C)C2=O)cc1Br. The van der Waals surface area contributed by atoms with Crippen molar-refractivity contribution in [2.45, 2.75) is 19.4 Å². The van der Waals surface area contributed by atoms with Gasteiger partial charge in [0.1, 0.15) is 0 Å². The minimum absolute atomic E-state index is 0.0359. The van der Waals surface area contributed by atoms with E-state index >= 15 is 0 Å². The van der Waals surface area contributed by atoms with E-state index in [-0.39, 0.29) is 18.5 Å². The summed E-state index contributed by atoms with van der Waals surface area (Å²) in [5, 5.41) is 8.85. The fourth-order valence-electron chi connectivity index (χ4n) is 2.13. The molecule has 0 bridgehead atoms. The Balaban J connectivity index is 2.23. The lowest BCUT2D eigenvalue weighted by Crippen LogP contribution is -2.32. The highest BCUT2D eigenvalue weighted by Crippen LogP contribution is 2.28. The summed E-state index contributed by atoms with van der Waals surface area (Å²) in [5.74, 6) is -0.892. The van der Waals surface area contributed by atoms with Crippen molar-refractivity contribution >= 4 is 33.6 Å². The minimum atomic E-state index is -0.892. The van der Waals surface area contributed by atoms with E-state index in [0.717, 1.165) is 15.7 Å². The van der Waals surface area contributed by atoms with Crippen molar-refractivity contribution in [3.8, 4) is 0 Å². The molecule has 2 rings (SSSR count). The molecule has 1 saturated heterocycles. The highest BCUT2D eigenvalue weighted by molar-refractivity contribution is 9.10. The number of carboxylic acids is 1. The summed E-state index contributed by atoms with van der Waals surface area (Å²) in [7, 11) is 1.64. The molecule has 1 aromatic rings. The topological polar surface area (TPSA) is 60.9 Å². The number of carboxylic acid groups (broad SMARTS) is 1. The first-order chi connectivity index (χ1) is 8.90. The molecule has 1 atom stereocenters. The van der Waals surface area contributed by atoms with E-state index in [0.29, 0.717) is 6.54 Å². The summed E-state index contributed by atoms with van der Waals surface area (Å²) < 4.78 is 0.933. The van der Waals surface area contributed by atoms with Gasteiger partial charge < -0.3 is 10.0 Å². The van der Waals surface area contributed by atoms with Crippen LogP contribution in [0.25, 0.3) is 0 Å². The van der Waals surface area contributed by atoms with E-state index in [4.69, 9.17) is 5.11 Å². The monoisotopic (exact) mass is 326 g/mol. The van der Waals surface area contributed by atoms with Gasteiger partial charge in [-0.25, -0.2) is 4.79 Å². The van der Waals surface area contributed by atoms with Crippen molar-refractivity contribution in [3.63, 3.8) is 0 Å². The third-order valence-corrected chi connectivity index (χ3v) is 4.21. The van der Waals surface area contributed by atoms with Gasteiger partial charge in [-0.15, -0.1) is 0 Å². The molecule has 5 nitrogen and oxygen atoms in total. The number of aliphatic carboxylic acids is 1. The van der Waals surface area contributed by atoms with Crippen LogP contribution in [0.4, 0.5) is 10.5 Å². The third-order valence-electron chi connectivity index (χ3n) is 3.35. The Morgan fingerprint density at radius 1 is 1.53 bits per heavy atom. The van der Waals surface area contributed by atoms with Gasteiger partial charge in [-0.1, -0.05) is 22.0 Å². The second-order valence-electron chi connectivity index (χ2n) is 4.69. The maximum atomic E-state index is 12.1. The Bertz CT molecular complexity index is 533. The molecule has 2 amide bonds. The Morgan fingerprint density at radius 2 is 2.21 bits per heavy atom. The number of hydrogen-bond acceptors (Lipinski definition) is 2. The van der Waals surface area contributed by atoms with E-state index in [1.165, 1.54) is 4.90 Å². The highest BCUT2D eigenvalue weighted by Gasteiger charge is 2.36. The predicted molar refractivity (Wildman–Crippen MR) is 75.4 cm³/mol. The van der Waals surface area contributed by atoms with E-state index in [9.17, 15) is 9.59 Å². The first-order valence-corrected chi connectivity index (χ1v) is 6.71. The van der Waals surface area contributed by atoms with Gasteiger partial charge in [-0.3, -0.25) is 9.69 Å². The summed E-state index contributed by atoms with van der Waals surface area (Å²) in [5.41, 5.74) is 1.87. The Kier molecular flexibility index (Phi) is 3.80. The molecule has 0 spiro atoms. The number of likely N-dealkylation sites (N-methyl/N-ethyl adjacent to an activating group) is 1. The average molecular weight is 327 g/mol. The van der Waals surface area contributed by atoms with Gasteiger partial charge in [0, 0.05) is 23.8 Å². The zero-order valence-corrected chi connectivity index (χ0v) is 12.3. The van der Waals surface area contributed by atoms with Gasteiger partial charge in [-0.05, 0) is 24.6 Å². The standard InChI is InChI=1S/C13H15BrN2O3/c1-8-3-4-9(5-11(8)14)16-7-10(6-12(17)18)15(2)13(16)19/h3-5,10H,6-7H2,1-2H3,(H,17,18). The third kappa shape index (κ3) is 2.73. The van der Waals surface area contributed by atoms with Crippen LogP contribution in [-0.4, -0.2) is 41.6 Å². The molecule has 0 aromatic heterocycles. The lowest BCUT2D eigenvalue weighted by Gasteiger charge is -2.16. The van der Waals surface area contributed by atoms with Crippen LogP contribution in [-0.2, 0) is 4.79 Å². The van der Waals surface area contributed by atoms with Crippen LogP contribution in [0.2, 0.25) is 0 Å². The molecule has 102 valence electrons. The zero-order valence-electron chi connectivity index (χ0n) is 10.8. The van der Waals surface area contributed by atoms with Crippen molar-refractivity contribution < 1.29 is 14.7 Å². The summed E-state index contributed by atoms with van der Waals surface area (Å²) in [6, 6.07) is 5.23. The number of carbonyl (C=O) groups excluding carboxylic acids is 1. The molecule has 1 unspecified atom stereocenters. The van der Waals surface area contributed by atoms with Crippen LogP contribution in [0.15, 0.2) is 22.7 Å². The van der Waals surface area contributed by atoms with E-state index in [2.05, 4.69) is 15.9 Å². The number of nitrogens with zero attached hydrogens (tertiary/aromatic N) is 2. The molecule has 19 heavy (non-hydrogen) atoms. The largest absolute Gasteiger partial charge is 0.481 e. The molecule has 0 aliphatic carbocycles. The van der Waals surface area contributed by atoms with E-state index in [1.54, 1.807) is 11.9 Å². The molecule has 1 N–H and O–H groups in total. The van der Waals surface area contributed by atoms with Crippen LogP contribution in [0.5, 0.6) is 0 Å². The first kappa shape index (κ1) is 13.9. The Hall–Kier alpha value is -1.56. The smallest absolute Gasteiger partial charge is 0.324 e. The van der Waals surface area contributed by atoms with Gasteiger partial charge in [0.2, 0.25) is 0 Å².